The van der Waals surface area contributed by atoms with E-state index in [1.54, 1.807) is 7.11 Å². The minimum absolute atomic E-state index is 0.944. The van der Waals surface area contributed by atoms with Gasteiger partial charge in [0.05, 0.1) is 7.11 Å². The Morgan fingerprint density at radius 2 is 2.20 bits per heavy atom. The summed E-state index contributed by atoms with van der Waals surface area (Å²) in [5.74, 6) is 0.944. The Kier molecular flexibility index (Phi) is 2.32. The van der Waals surface area contributed by atoms with E-state index in [1.807, 2.05) is 12.1 Å². The van der Waals surface area contributed by atoms with Gasteiger partial charge in [-0.3, -0.25) is 0 Å². The highest BCUT2D eigenvalue weighted by molar-refractivity contribution is 5.28. The lowest BCUT2D eigenvalue weighted by atomic mass is 10.2. The van der Waals surface area contributed by atoms with E-state index < -0.39 is 0 Å². The Balaban J connectivity index is 2.87. The fraction of sp³-hybridized carbons (Fsp3) is 0.333. The first-order valence-electron chi connectivity index (χ1n) is 3.49. The molecule has 0 aromatic heterocycles. The third kappa shape index (κ3) is 1.50. The van der Waals surface area contributed by atoms with Crippen LogP contribution >= 0.6 is 0 Å². The van der Waals surface area contributed by atoms with Gasteiger partial charge in [0, 0.05) is 0 Å². The number of benzene rings is 1. The van der Waals surface area contributed by atoms with Gasteiger partial charge in [0.1, 0.15) is 5.75 Å². The molecule has 0 aliphatic rings. The van der Waals surface area contributed by atoms with Crippen LogP contribution in [0.2, 0.25) is 0 Å². The fourth-order valence-electron chi connectivity index (χ4n) is 0.892. The van der Waals surface area contributed by atoms with E-state index in [9.17, 15) is 0 Å². The van der Waals surface area contributed by atoms with Crippen LogP contribution in [-0.2, 0) is 6.42 Å². The number of methoxy groups -OCH3 is 1. The topological polar surface area (TPSA) is 9.23 Å². The Labute approximate surface area is 61.6 Å². The fourth-order valence-corrected chi connectivity index (χ4v) is 0.892. The minimum atomic E-state index is 0.944. The highest BCUT2D eigenvalue weighted by atomic mass is 16.5. The van der Waals surface area contributed by atoms with Crippen molar-refractivity contribution in [2.45, 2.75) is 13.3 Å². The first-order chi connectivity index (χ1) is 4.86. The second-order valence-electron chi connectivity index (χ2n) is 2.21. The summed E-state index contributed by atoms with van der Waals surface area (Å²) in [6, 6.07) is 8.12. The summed E-state index contributed by atoms with van der Waals surface area (Å²) in [4.78, 5) is 0. The average molecular weight is 136 g/mol. The highest BCUT2D eigenvalue weighted by Crippen LogP contribution is 2.12. The normalized spacial score (nSPS) is 9.40. The van der Waals surface area contributed by atoms with Gasteiger partial charge in [-0.05, 0) is 24.1 Å². The van der Waals surface area contributed by atoms with Crippen molar-refractivity contribution in [2.75, 3.05) is 7.11 Å². The molecular formula is C9H12O. The van der Waals surface area contributed by atoms with Crippen LogP contribution in [0.15, 0.2) is 24.3 Å². The molecule has 0 saturated carbocycles. The maximum Gasteiger partial charge on any atom is 0.119 e. The molecule has 0 heterocycles. The summed E-state index contributed by atoms with van der Waals surface area (Å²) in [6.07, 6.45) is 1.07. The molecule has 1 rings (SSSR count). The van der Waals surface area contributed by atoms with E-state index in [-0.39, 0.29) is 0 Å². The van der Waals surface area contributed by atoms with Gasteiger partial charge in [0.2, 0.25) is 0 Å². The second-order valence-corrected chi connectivity index (χ2v) is 2.21. The van der Waals surface area contributed by atoms with E-state index in [2.05, 4.69) is 19.1 Å². The predicted molar refractivity (Wildman–Crippen MR) is 42.4 cm³/mol. The van der Waals surface area contributed by atoms with Crippen LogP contribution in [0.3, 0.4) is 0 Å². The molecule has 0 atom stereocenters. The molecule has 1 nitrogen and oxygen atoms in total. The molecule has 0 bridgehead atoms. The smallest absolute Gasteiger partial charge is 0.119 e. The summed E-state index contributed by atoms with van der Waals surface area (Å²) in [7, 11) is 1.69. The summed E-state index contributed by atoms with van der Waals surface area (Å²) >= 11 is 0. The van der Waals surface area contributed by atoms with E-state index in [1.165, 1.54) is 5.56 Å². The van der Waals surface area contributed by atoms with Gasteiger partial charge < -0.3 is 4.74 Å². The van der Waals surface area contributed by atoms with Gasteiger partial charge in [0.25, 0.3) is 0 Å². The van der Waals surface area contributed by atoms with E-state index in [0.29, 0.717) is 0 Å². The SMILES string of the molecule is CCc1cccc(OC)c1. The van der Waals surface area contributed by atoms with Crippen LogP contribution in [-0.4, -0.2) is 7.11 Å². The van der Waals surface area contributed by atoms with Crippen molar-refractivity contribution in [3.05, 3.63) is 29.8 Å². The molecule has 0 saturated heterocycles. The number of ether oxygens (including phenoxy) is 1. The van der Waals surface area contributed by atoms with Gasteiger partial charge in [-0.2, -0.15) is 0 Å². The van der Waals surface area contributed by atoms with Crippen LogP contribution in [0.1, 0.15) is 12.5 Å². The quantitative estimate of drug-likeness (QED) is 0.606. The first kappa shape index (κ1) is 7.13. The molecule has 0 N–H and O–H groups in total. The molecule has 1 heteroatoms. The van der Waals surface area contributed by atoms with Crippen LogP contribution in [0.25, 0.3) is 0 Å². The number of hydrogen-bond acceptors (Lipinski definition) is 1. The maximum atomic E-state index is 5.06. The monoisotopic (exact) mass is 136 g/mol. The largest absolute Gasteiger partial charge is 0.497 e. The van der Waals surface area contributed by atoms with Crippen LogP contribution in [0.4, 0.5) is 0 Å². The molecule has 0 aliphatic heterocycles. The highest BCUT2D eigenvalue weighted by Gasteiger charge is 1.90. The van der Waals surface area contributed by atoms with Crippen LogP contribution in [0.5, 0.6) is 5.75 Å². The lowest BCUT2D eigenvalue weighted by molar-refractivity contribution is 0.414. The van der Waals surface area contributed by atoms with Crippen molar-refractivity contribution >= 4 is 0 Å². The van der Waals surface area contributed by atoms with Crippen molar-refractivity contribution < 1.29 is 4.74 Å². The molecule has 0 amide bonds. The van der Waals surface area contributed by atoms with E-state index in [0.717, 1.165) is 12.2 Å². The van der Waals surface area contributed by atoms with Crippen molar-refractivity contribution in [1.82, 2.24) is 0 Å². The zero-order valence-corrected chi connectivity index (χ0v) is 6.42. The molecular weight excluding hydrogens is 124 g/mol. The van der Waals surface area contributed by atoms with Gasteiger partial charge >= 0.3 is 0 Å². The zero-order valence-electron chi connectivity index (χ0n) is 6.42. The Hall–Kier alpha value is -0.980. The number of hydrogen-bond donors (Lipinski definition) is 0. The summed E-state index contributed by atoms with van der Waals surface area (Å²) < 4.78 is 5.06. The molecule has 1 aromatic carbocycles. The van der Waals surface area contributed by atoms with Gasteiger partial charge in [-0.15, -0.1) is 0 Å². The average Bonchev–Trinajstić information content (AvgIpc) is 2.05. The first-order valence-corrected chi connectivity index (χ1v) is 3.49. The van der Waals surface area contributed by atoms with Crippen molar-refractivity contribution in [2.24, 2.45) is 0 Å². The molecule has 10 heavy (non-hydrogen) atoms. The standard InChI is InChI=1S/C9H12O/c1-3-8-5-4-6-9(7-8)10-2/h4-7H,3H2,1-2H3. The van der Waals surface area contributed by atoms with E-state index in [4.69, 9.17) is 4.74 Å². The predicted octanol–water partition coefficient (Wildman–Crippen LogP) is 2.26. The van der Waals surface area contributed by atoms with E-state index >= 15 is 0 Å². The van der Waals surface area contributed by atoms with Crippen LogP contribution < -0.4 is 4.74 Å². The van der Waals surface area contributed by atoms with Gasteiger partial charge in [-0.1, -0.05) is 19.1 Å². The molecule has 0 fully saturated rings. The van der Waals surface area contributed by atoms with Crippen LogP contribution in [0, 0.1) is 0 Å². The Morgan fingerprint density at radius 1 is 1.40 bits per heavy atom. The molecule has 0 radical (unpaired) electrons. The molecule has 0 aliphatic carbocycles. The lowest BCUT2D eigenvalue weighted by Crippen LogP contribution is -1.84. The third-order valence-electron chi connectivity index (χ3n) is 1.54. The van der Waals surface area contributed by atoms with Crippen molar-refractivity contribution in [1.29, 1.82) is 0 Å². The molecule has 54 valence electrons. The van der Waals surface area contributed by atoms with Gasteiger partial charge in [0.15, 0.2) is 0 Å². The lowest BCUT2D eigenvalue weighted by Gasteiger charge is -2.00. The number of rotatable bonds is 2. The molecule has 1 aromatic rings. The summed E-state index contributed by atoms with van der Waals surface area (Å²) in [5, 5.41) is 0. The summed E-state index contributed by atoms with van der Waals surface area (Å²) in [6.45, 7) is 2.13. The van der Waals surface area contributed by atoms with Gasteiger partial charge in [-0.25, -0.2) is 0 Å². The Morgan fingerprint density at radius 3 is 2.80 bits per heavy atom. The third-order valence-corrected chi connectivity index (χ3v) is 1.54. The van der Waals surface area contributed by atoms with Crippen molar-refractivity contribution in [3.8, 4) is 5.75 Å². The molecule has 0 unspecified atom stereocenters. The maximum absolute atomic E-state index is 5.06. The van der Waals surface area contributed by atoms with Crippen molar-refractivity contribution in [3.63, 3.8) is 0 Å². The summed E-state index contributed by atoms with van der Waals surface area (Å²) in [5.41, 5.74) is 1.32. The Bertz CT molecular complexity index is 186. The zero-order chi connectivity index (χ0) is 7.40. The molecule has 0 spiro atoms. The second kappa shape index (κ2) is 3.25. The minimum Gasteiger partial charge on any atom is -0.497 e. The number of aryl methyl sites for hydroxylation is 1.